The molecular weight excluding hydrogens is 383 g/mol. The van der Waals surface area contributed by atoms with Gasteiger partial charge in [0.2, 0.25) is 0 Å². The highest BCUT2D eigenvalue weighted by molar-refractivity contribution is 6.36. The van der Waals surface area contributed by atoms with Crippen molar-refractivity contribution in [1.29, 1.82) is 0 Å². The van der Waals surface area contributed by atoms with E-state index in [1.807, 2.05) is 24.3 Å². The summed E-state index contributed by atoms with van der Waals surface area (Å²) < 4.78 is 6.14. The number of amides is 1. The van der Waals surface area contributed by atoms with E-state index in [1.54, 1.807) is 23.1 Å². The van der Waals surface area contributed by atoms with Gasteiger partial charge in [-0.25, -0.2) is 0 Å². The predicted octanol–water partition coefficient (Wildman–Crippen LogP) is 4.71. The summed E-state index contributed by atoms with van der Waals surface area (Å²) in [5.41, 5.74) is 2.05. The SMILES string of the molecule is C=CC(C)N1CCN2C(=O)c3cc(-c4ccccc4Cl)c(Cl)cc3OC2C1. The molecule has 1 fully saturated rings. The summed E-state index contributed by atoms with van der Waals surface area (Å²) in [5.74, 6) is 0.493. The zero-order valence-electron chi connectivity index (χ0n) is 15.0. The minimum atomic E-state index is -0.316. The number of ether oxygens (including phenoxy) is 1. The zero-order valence-corrected chi connectivity index (χ0v) is 16.5. The molecule has 0 spiro atoms. The van der Waals surface area contributed by atoms with Gasteiger partial charge in [-0.05, 0) is 19.1 Å². The number of nitrogens with zero attached hydrogens (tertiary/aromatic N) is 2. The number of benzene rings is 2. The maximum atomic E-state index is 13.1. The number of halogens is 2. The second-order valence-electron chi connectivity index (χ2n) is 6.85. The molecule has 2 aliphatic rings. The van der Waals surface area contributed by atoms with Crippen LogP contribution in [0.15, 0.2) is 49.1 Å². The van der Waals surface area contributed by atoms with Gasteiger partial charge in [-0.1, -0.05) is 47.5 Å². The van der Waals surface area contributed by atoms with E-state index < -0.39 is 0 Å². The molecule has 2 aliphatic heterocycles. The normalized spacial score (nSPS) is 20.5. The second kappa shape index (κ2) is 7.19. The maximum absolute atomic E-state index is 13.1. The molecule has 2 aromatic rings. The molecule has 6 heteroatoms. The monoisotopic (exact) mass is 402 g/mol. The van der Waals surface area contributed by atoms with Crippen LogP contribution in [0.2, 0.25) is 10.0 Å². The number of hydrogen-bond donors (Lipinski definition) is 0. The molecule has 0 bridgehead atoms. The molecule has 140 valence electrons. The number of rotatable bonds is 3. The van der Waals surface area contributed by atoms with Gasteiger partial charge >= 0.3 is 0 Å². The standard InChI is InChI=1S/C21H20Cl2N2O2/c1-3-13(2)24-8-9-25-20(12-24)27-19-11-18(23)15(10-16(19)21(25)26)14-6-4-5-7-17(14)22/h3-7,10-11,13,20H,1,8-9,12H2,2H3. The van der Waals surface area contributed by atoms with Gasteiger partial charge in [0.25, 0.3) is 5.91 Å². The minimum Gasteiger partial charge on any atom is -0.468 e. The fourth-order valence-electron chi connectivity index (χ4n) is 3.63. The molecule has 2 unspecified atom stereocenters. The third-order valence-corrected chi connectivity index (χ3v) is 5.91. The Morgan fingerprint density at radius 3 is 2.67 bits per heavy atom. The molecule has 27 heavy (non-hydrogen) atoms. The maximum Gasteiger partial charge on any atom is 0.260 e. The summed E-state index contributed by atoms with van der Waals surface area (Å²) in [6.07, 6.45) is 1.59. The Balaban J connectivity index is 1.70. The summed E-state index contributed by atoms with van der Waals surface area (Å²) >= 11 is 12.8. The Labute approximate surface area is 168 Å². The Hall–Kier alpha value is -2.01. The van der Waals surface area contributed by atoms with Crippen LogP contribution in [0.4, 0.5) is 0 Å². The summed E-state index contributed by atoms with van der Waals surface area (Å²) in [4.78, 5) is 17.2. The van der Waals surface area contributed by atoms with Crippen LogP contribution in [-0.2, 0) is 0 Å². The number of fused-ring (bicyclic) bond motifs is 2. The van der Waals surface area contributed by atoms with Crippen LogP contribution in [0.3, 0.4) is 0 Å². The Morgan fingerprint density at radius 2 is 1.93 bits per heavy atom. The minimum absolute atomic E-state index is 0.0304. The van der Waals surface area contributed by atoms with Gasteiger partial charge in [0.15, 0.2) is 6.23 Å². The molecular formula is C21H20Cl2N2O2. The van der Waals surface area contributed by atoms with Gasteiger partial charge in [0, 0.05) is 41.3 Å². The van der Waals surface area contributed by atoms with Crippen LogP contribution < -0.4 is 4.74 Å². The van der Waals surface area contributed by atoms with Gasteiger partial charge in [-0.3, -0.25) is 9.69 Å². The first kappa shape index (κ1) is 18.4. The Kier molecular flexibility index (Phi) is 4.89. The van der Waals surface area contributed by atoms with Crippen molar-refractivity contribution in [2.75, 3.05) is 19.6 Å². The van der Waals surface area contributed by atoms with Gasteiger partial charge in [0.1, 0.15) is 5.75 Å². The van der Waals surface area contributed by atoms with E-state index >= 15 is 0 Å². The molecule has 2 aromatic carbocycles. The molecule has 0 saturated carbocycles. The third-order valence-electron chi connectivity index (χ3n) is 5.27. The lowest BCUT2D eigenvalue weighted by atomic mass is 10.00. The Morgan fingerprint density at radius 1 is 1.15 bits per heavy atom. The van der Waals surface area contributed by atoms with Crippen molar-refractivity contribution in [1.82, 2.24) is 9.80 Å². The second-order valence-corrected chi connectivity index (χ2v) is 7.66. The number of piperazine rings is 1. The highest BCUT2D eigenvalue weighted by atomic mass is 35.5. The zero-order chi connectivity index (χ0) is 19.1. The van der Waals surface area contributed by atoms with Crippen LogP contribution in [-0.4, -0.2) is 47.6 Å². The third kappa shape index (κ3) is 3.22. The van der Waals surface area contributed by atoms with Crippen molar-refractivity contribution in [2.24, 2.45) is 0 Å². The molecule has 0 aromatic heterocycles. The fourth-order valence-corrected chi connectivity index (χ4v) is 4.12. The fraction of sp³-hybridized carbons (Fsp3) is 0.286. The van der Waals surface area contributed by atoms with Crippen molar-refractivity contribution in [3.8, 4) is 16.9 Å². The van der Waals surface area contributed by atoms with E-state index in [4.69, 9.17) is 27.9 Å². The number of carbonyl (C=O) groups excluding carboxylic acids is 1. The molecule has 4 rings (SSSR count). The highest BCUT2D eigenvalue weighted by Gasteiger charge is 2.39. The van der Waals surface area contributed by atoms with Gasteiger partial charge < -0.3 is 9.64 Å². The van der Waals surface area contributed by atoms with Crippen LogP contribution in [0.25, 0.3) is 11.1 Å². The molecule has 0 radical (unpaired) electrons. The van der Waals surface area contributed by atoms with Gasteiger partial charge in [-0.15, -0.1) is 6.58 Å². The summed E-state index contributed by atoms with van der Waals surface area (Å²) in [7, 11) is 0. The lowest BCUT2D eigenvalue weighted by molar-refractivity contribution is -0.0394. The largest absolute Gasteiger partial charge is 0.468 e. The van der Waals surface area contributed by atoms with Crippen molar-refractivity contribution < 1.29 is 9.53 Å². The molecule has 1 saturated heterocycles. The molecule has 2 atom stereocenters. The van der Waals surface area contributed by atoms with Crippen LogP contribution >= 0.6 is 23.2 Å². The lowest BCUT2D eigenvalue weighted by Gasteiger charge is -2.45. The average molecular weight is 403 g/mol. The van der Waals surface area contributed by atoms with E-state index in [-0.39, 0.29) is 18.2 Å². The lowest BCUT2D eigenvalue weighted by Crippen LogP contribution is -2.60. The topological polar surface area (TPSA) is 32.8 Å². The predicted molar refractivity (Wildman–Crippen MR) is 109 cm³/mol. The van der Waals surface area contributed by atoms with E-state index in [0.717, 1.165) is 17.7 Å². The first-order chi connectivity index (χ1) is 13.0. The highest BCUT2D eigenvalue weighted by Crippen LogP contribution is 2.40. The van der Waals surface area contributed by atoms with E-state index in [0.29, 0.717) is 34.4 Å². The van der Waals surface area contributed by atoms with Crippen molar-refractivity contribution in [2.45, 2.75) is 19.2 Å². The molecule has 1 amide bonds. The molecule has 0 N–H and O–H groups in total. The number of hydrogen-bond acceptors (Lipinski definition) is 3. The first-order valence-corrected chi connectivity index (χ1v) is 9.68. The van der Waals surface area contributed by atoms with Crippen LogP contribution in [0.1, 0.15) is 17.3 Å². The summed E-state index contributed by atoms with van der Waals surface area (Å²) in [6.45, 7) is 8.00. The average Bonchev–Trinajstić information content (AvgIpc) is 2.67. The van der Waals surface area contributed by atoms with Crippen LogP contribution in [0, 0.1) is 0 Å². The van der Waals surface area contributed by atoms with E-state index in [9.17, 15) is 4.79 Å². The number of carbonyl (C=O) groups is 1. The van der Waals surface area contributed by atoms with Crippen molar-refractivity contribution in [3.63, 3.8) is 0 Å². The summed E-state index contributed by atoms with van der Waals surface area (Å²) in [6, 6.07) is 11.2. The molecule has 2 heterocycles. The van der Waals surface area contributed by atoms with Crippen LogP contribution in [0.5, 0.6) is 5.75 Å². The quantitative estimate of drug-likeness (QED) is 0.696. The summed E-state index contributed by atoms with van der Waals surface area (Å²) in [5, 5.41) is 1.10. The Bertz CT molecular complexity index is 915. The first-order valence-electron chi connectivity index (χ1n) is 8.92. The van der Waals surface area contributed by atoms with E-state index in [2.05, 4.69) is 18.4 Å². The van der Waals surface area contributed by atoms with Gasteiger partial charge in [-0.2, -0.15) is 0 Å². The smallest absolute Gasteiger partial charge is 0.260 e. The molecule has 4 nitrogen and oxygen atoms in total. The van der Waals surface area contributed by atoms with Gasteiger partial charge in [0.05, 0.1) is 17.1 Å². The van der Waals surface area contributed by atoms with Crippen molar-refractivity contribution in [3.05, 3.63) is 64.7 Å². The van der Waals surface area contributed by atoms with E-state index in [1.165, 1.54) is 0 Å². The van der Waals surface area contributed by atoms with Crippen molar-refractivity contribution >= 4 is 29.1 Å². The molecule has 0 aliphatic carbocycles.